The van der Waals surface area contributed by atoms with Gasteiger partial charge in [0.1, 0.15) is 0 Å². The van der Waals surface area contributed by atoms with E-state index in [2.05, 4.69) is 211 Å². The van der Waals surface area contributed by atoms with E-state index in [0.29, 0.717) is 0 Å². The number of rotatable bonds is 8. The monoisotopic (exact) mass is 743 g/mol. The molecule has 0 unspecified atom stereocenters. The van der Waals surface area contributed by atoms with Crippen molar-refractivity contribution in [3.63, 3.8) is 0 Å². The highest BCUT2D eigenvalue weighted by molar-refractivity contribution is 6.12. The first-order valence-corrected chi connectivity index (χ1v) is 19.9. The molecule has 0 aliphatic rings. The molecule has 3 heterocycles. The quantitative estimate of drug-likeness (QED) is 0.142. The van der Waals surface area contributed by atoms with Crippen LogP contribution in [0.4, 0.5) is 0 Å². The van der Waals surface area contributed by atoms with Crippen LogP contribution in [0.2, 0.25) is 0 Å². The lowest BCUT2D eigenvalue weighted by Gasteiger charge is -2.12. The molecule has 58 heavy (non-hydrogen) atoms. The Morgan fingerprint density at radius 3 is 1.57 bits per heavy atom. The Morgan fingerprint density at radius 2 is 1.00 bits per heavy atom. The largest absolute Gasteiger partial charge is 0.309 e. The second-order valence-electron chi connectivity index (χ2n) is 14.9. The van der Waals surface area contributed by atoms with Crippen molar-refractivity contribution in [2.45, 2.75) is 13.8 Å². The fourth-order valence-corrected chi connectivity index (χ4v) is 8.46. The van der Waals surface area contributed by atoms with Gasteiger partial charge < -0.3 is 9.13 Å². The number of aryl methyl sites for hydroxylation is 1. The van der Waals surface area contributed by atoms with Gasteiger partial charge in [0.05, 0.1) is 33.5 Å². The molecule has 0 aliphatic heterocycles. The zero-order valence-electron chi connectivity index (χ0n) is 32.6. The fourth-order valence-electron chi connectivity index (χ4n) is 8.46. The average molecular weight is 744 g/mol. The third kappa shape index (κ3) is 6.05. The van der Waals surface area contributed by atoms with Crippen molar-refractivity contribution in [1.82, 2.24) is 14.1 Å². The van der Waals surface area contributed by atoms with Gasteiger partial charge in [-0.3, -0.25) is 0 Å². The van der Waals surface area contributed by atoms with Crippen molar-refractivity contribution in [2.24, 2.45) is 0 Å². The summed E-state index contributed by atoms with van der Waals surface area (Å²) >= 11 is 0. The summed E-state index contributed by atoms with van der Waals surface area (Å²) in [5.41, 5.74) is 17.0. The van der Waals surface area contributed by atoms with Gasteiger partial charge >= 0.3 is 0 Å². The minimum Gasteiger partial charge on any atom is -0.309 e. The van der Waals surface area contributed by atoms with E-state index < -0.39 is 0 Å². The summed E-state index contributed by atoms with van der Waals surface area (Å²) in [6.07, 6.45) is 7.92. The van der Waals surface area contributed by atoms with Crippen LogP contribution in [-0.2, 0) is 0 Å². The molecule has 0 fully saturated rings. The summed E-state index contributed by atoms with van der Waals surface area (Å²) in [7, 11) is 0. The summed E-state index contributed by atoms with van der Waals surface area (Å²) in [6, 6.07) is 63.8. The predicted octanol–water partition coefficient (Wildman–Crippen LogP) is 14.7. The number of benzene rings is 7. The maximum absolute atomic E-state index is 5.18. The third-order valence-corrected chi connectivity index (χ3v) is 11.3. The van der Waals surface area contributed by atoms with Crippen molar-refractivity contribution in [2.75, 3.05) is 0 Å². The molecule has 10 rings (SSSR count). The highest BCUT2D eigenvalue weighted by atomic mass is 15.0. The van der Waals surface area contributed by atoms with Crippen LogP contribution in [0.5, 0.6) is 0 Å². The molecule has 0 radical (unpaired) electrons. The Morgan fingerprint density at radius 1 is 0.483 bits per heavy atom. The Bertz CT molecular complexity index is 3230. The molecule has 0 spiro atoms. The van der Waals surface area contributed by atoms with Crippen molar-refractivity contribution in [1.29, 1.82) is 0 Å². The molecule has 7 aromatic carbocycles. The van der Waals surface area contributed by atoms with Gasteiger partial charge in [-0.15, -0.1) is 0 Å². The number of aromatic nitrogens is 3. The summed E-state index contributed by atoms with van der Waals surface area (Å²) in [5, 5.41) is 4.97. The van der Waals surface area contributed by atoms with Gasteiger partial charge in [0.25, 0.3) is 0 Å². The van der Waals surface area contributed by atoms with E-state index >= 15 is 0 Å². The van der Waals surface area contributed by atoms with Gasteiger partial charge in [0.2, 0.25) is 0 Å². The van der Waals surface area contributed by atoms with Crippen LogP contribution in [-0.4, -0.2) is 14.1 Å². The Kier molecular flexibility index (Phi) is 8.77. The van der Waals surface area contributed by atoms with Crippen LogP contribution < -0.4 is 0 Å². The first kappa shape index (κ1) is 35.0. The topological polar surface area (TPSA) is 22.8 Å². The van der Waals surface area contributed by atoms with Crippen LogP contribution in [0.3, 0.4) is 0 Å². The van der Waals surface area contributed by atoms with Gasteiger partial charge in [0, 0.05) is 38.5 Å². The maximum Gasteiger partial charge on any atom is 0.0715 e. The lowest BCUT2D eigenvalue weighted by atomic mass is 9.99. The highest BCUT2D eigenvalue weighted by Crippen LogP contribution is 2.39. The number of hydrogen-bond acceptors (Lipinski definition) is 1. The smallest absolute Gasteiger partial charge is 0.0715 e. The van der Waals surface area contributed by atoms with Crippen LogP contribution in [0.25, 0.3) is 94.1 Å². The number of pyridine rings is 1. The van der Waals surface area contributed by atoms with Gasteiger partial charge in [-0.05, 0) is 114 Å². The molecule has 0 aliphatic carbocycles. The summed E-state index contributed by atoms with van der Waals surface area (Å²) in [4.78, 5) is 5.18. The molecule has 0 bridgehead atoms. The minimum absolute atomic E-state index is 0.926. The molecule has 3 heteroatoms. The van der Waals surface area contributed by atoms with Crippen LogP contribution in [0.15, 0.2) is 207 Å². The lowest BCUT2D eigenvalue weighted by Crippen LogP contribution is -1.96. The second-order valence-corrected chi connectivity index (χ2v) is 14.9. The van der Waals surface area contributed by atoms with E-state index in [-0.39, 0.29) is 0 Å². The van der Waals surface area contributed by atoms with Crippen LogP contribution in [0.1, 0.15) is 18.2 Å². The fraction of sp³-hybridized carbons (Fsp3) is 0.0364. The van der Waals surface area contributed by atoms with Crippen molar-refractivity contribution in [3.05, 3.63) is 218 Å². The van der Waals surface area contributed by atoms with Crippen molar-refractivity contribution in [3.8, 4) is 44.9 Å². The molecule has 276 valence electrons. The minimum atomic E-state index is 0.926. The SMILES string of the molecule is C=C/C=C\C(=C/C)c1cc(-c2ccccc2)cc(-c2ccc(-n3c4ccccc4c4cc(-c5ccc6c(c5)c5ccccc5n6-c5ccc(C)cc5)ccc43)cc2)n1. The maximum atomic E-state index is 5.18. The number of allylic oxidation sites excluding steroid dienone is 5. The number of para-hydroxylation sites is 2. The average Bonchev–Trinajstić information content (AvgIpc) is 3.79. The third-order valence-electron chi connectivity index (χ3n) is 11.3. The Labute approximate surface area is 338 Å². The Hall–Kier alpha value is -7.49. The summed E-state index contributed by atoms with van der Waals surface area (Å²) in [6.45, 7) is 8.05. The van der Waals surface area contributed by atoms with E-state index in [4.69, 9.17) is 4.98 Å². The first-order chi connectivity index (χ1) is 28.6. The Balaban J connectivity index is 1.06. The molecule has 0 amide bonds. The van der Waals surface area contributed by atoms with Crippen LogP contribution in [0, 0.1) is 6.92 Å². The zero-order chi connectivity index (χ0) is 39.2. The predicted molar refractivity (Wildman–Crippen MR) is 247 cm³/mol. The van der Waals surface area contributed by atoms with Gasteiger partial charge in [-0.2, -0.15) is 0 Å². The van der Waals surface area contributed by atoms with E-state index in [0.717, 1.165) is 39.3 Å². The summed E-state index contributed by atoms with van der Waals surface area (Å²) in [5.74, 6) is 0. The summed E-state index contributed by atoms with van der Waals surface area (Å²) < 4.78 is 4.76. The molecule has 0 atom stereocenters. The molecule has 3 aromatic heterocycles. The number of fused-ring (bicyclic) bond motifs is 6. The molecule has 0 N–H and O–H groups in total. The lowest BCUT2D eigenvalue weighted by molar-refractivity contribution is 1.17. The van der Waals surface area contributed by atoms with Gasteiger partial charge in [0.15, 0.2) is 0 Å². The zero-order valence-corrected chi connectivity index (χ0v) is 32.6. The van der Waals surface area contributed by atoms with E-state index in [1.54, 1.807) is 6.08 Å². The number of hydrogen-bond donors (Lipinski definition) is 0. The van der Waals surface area contributed by atoms with Gasteiger partial charge in [-0.1, -0.05) is 140 Å². The normalized spacial score (nSPS) is 12.1. The molecule has 0 saturated carbocycles. The van der Waals surface area contributed by atoms with Crippen molar-refractivity contribution < 1.29 is 0 Å². The van der Waals surface area contributed by atoms with Gasteiger partial charge in [-0.25, -0.2) is 4.98 Å². The number of nitrogens with zero attached hydrogens (tertiary/aromatic N) is 3. The van der Waals surface area contributed by atoms with E-state index in [9.17, 15) is 0 Å². The molecular formula is C55H41N3. The molecule has 0 saturated heterocycles. The van der Waals surface area contributed by atoms with Crippen LogP contribution >= 0.6 is 0 Å². The standard InChI is InChI=1S/C55H41N3/c1-4-6-14-38(5-2)50-35-43(39-15-8-7-9-16-39)36-51(56-50)40-23-29-45(30-24-40)58-53-20-13-11-18-47(53)49-34-42(26-32-55(49)58)41-25-31-54-48(33-41)46-17-10-12-19-52(46)57(54)44-27-21-37(3)22-28-44/h4-36H,1H2,2-3H3/b14-6-,38-5+. The van der Waals surface area contributed by atoms with Crippen molar-refractivity contribution >= 4 is 49.2 Å². The molecule has 3 nitrogen and oxygen atoms in total. The molecule has 10 aromatic rings. The second kappa shape index (κ2) is 14.5. The first-order valence-electron chi connectivity index (χ1n) is 19.9. The highest BCUT2D eigenvalue weighted by Gasteiger charge is 2.17. The van der Waals surface area contributed by atoms with E-state index in [1.165, 1.54) is 66.0 Å². The molecular weight excluding hydrogens is 703 g/mol. The van der Waals surface area contributed by atoms with E-state index in [1.807, 2.05) is 13.0 Å².